The van der Waals surface area contributed by atoms with E-state index >= 15 is 0 Å². The minimum absolute atomic E-state index is 0.0258. The quantitative estimate of drug-likeness (QED) is 0.659. The number of benzene rings is 2. The van der Waals surface area contributed by atoms with Crippen LogP contribution in [0.15, 0.2) is 42.5 Å². The SMILES string of the molecule is CNCCOc1ccc(N2CCC(Oc3ccc(C4CC4)cc3)C2=O)cc1OC. The maximum absolute atomic E-state index is 12.9. The molecule has 29 heavy (non-hydrogen) atoms. The van der Waals surface area contributed by atoms with Crippen molar-refractivity contribution in [2.45, 2.75) is 31.3 Å². The second-order valence-electron chi connectivity index (χ2n) is 7.52. The Labute approximate surface area is 171 Å². The standard InChI is InChI=1S/C23H28N2O4/c1-24-12-14-28-20-10-7-18(15-22(20)27-2)25-13-11-21(23(25)26)29-19-8-5-17(6-9-19)16-3-4-16/h5-10,15-16,21,24H,3-4,11-14H2,1-2H3. The lowest BCUT2D eigenvalue weighted by atomic mass is 10.1. The molecule has 1 aliphatic heterocycles. The molecule has 0 spiro atoms. The molecule has 4 rings (SSSR count). The van der Waals surface area contributed by atoms with Crippen LogP contribution < -0.4 is 24.4 Å². The molecule has 2 aromatic carbocycles. The molecule has 2 aliphatic rings. The van der Waals surface area contributed by atoms with Crippen molar-refractivity contribution in [3.8, 4) is 17.2 Å². The summed E-state index contributed by atoms with van der Waals surface area (Å²) >= 11 is 0. The highest BCUT2D eigenvalue weighted by atomic mass is 16.5. The lowest BCUT2D eigenvalue weighted by Crippen LogP contribution is -2.32. The highest BCUT2D eigenvalue weighted by Crippen LogP contribution is 2.40. The number of methoxy groups -OCH3 is 1. The van der Waals surface area contributed by atoms with Crippen LogP contribution in [-0.4, -0.2) is 45.9 Å². The van der Waals surface area contributed by atoms with E-state index in [0.29, 0.717) is 37.0 Å². The van der Waals surface area contributed by atoms with Crippen molar-refractivity contribution < 1.29 is 19.0 Å². The minimum Gasteiger partial charge on any atom is -0.493 e. The van der Waals surface area contributed by atoms with Crippen LogP contribution >= 0.6 is 0 Å². The van der Waals surface area contributed by atoms with E-state index in [1.54, 1.807) is 12.0 Å². The maximum Gasteiger partial charge on any atom is 0.268 e. The van der Waals surface area contributed by atoms with E-state index in [0.717, 1.165) is 18.0 Å². The number of hydrogen-bond acceptors (Lipinski definition) is 5. The molecule has 1 atom stereocenters. The van der Waals surface area contributed by atoms with E-state index in [9.17, 15) is 4.79 Å². The van der Waals surface area contributed by atoms with Crippen LogP contribution in [0.2, 0.25) is 0 Å². The Morgan fingerprint density at radius 2 is 1.86 bits per heavy atom. The Morgan fingerprint density at radius 1 is 1.07 bits per heavy atom. The van der Waals surface area contributed by atoms with Crippen LogP contribution in [0.3, 0.4) is 0 Å². The number of likely N-dealkylation sites (N-methyl/N-ethyl adjacent to an activating group) is 1. The zero-order chi connectivity index (χ0) is 20.2. The van der Waals surface area contributed by atoms with Gasteiger partial charge in [-0.15, -0.1) is 0 Å². The first-order valence-electron chi connectivity index (χ1n) is 10.2. The summed E-state index contributed by atoms with van der Waals surface area (Å²) in [5.41, 5.74) is 2.16. The molecule has 1 amide bonds. The third kappa shape index (κ3) is 4.48. The van der Waals surface area contributed by atoms with Crippen molar-refractivity contribution in [2.24, 2.45) is 0 Å². The molecule has 1 N–H and O–H groups in total. The fraction of sp³-hybridized carbons (Fsp3) is 0.435. The lowest BCUT2D eigenvalue weighted by Gasteiger charge is -2.19. The number of rotatable bonds is 9. The van der Waals surface area contributed by atoms with Crippen LogP contribution in [0.25, 0.3) is 0 Å². The second kappa shape index (κ2) is 8.74. The highest BCUT2D eigenvalue weighted by molar-refractivity contribution is 5.99. The van der Waals surface area contributed by atoms with E-state index < -0.39 is 6.10 Å². The van der Waals surface area contributed by atoms with Gasteiger partial charge in [-0.25, -0.2) is 0 Å². The third-order valence-corrected chi connectivity index (χ3v) is 5.43. The monoisotopic (exact) mass is 396 g/mol. The first kappa shape index (κ1) is 19.6. The summed E-state index contributed by atoms with van der Waals surface area (Å²) in [7, 11) is 3.48. The summed E-state index contributed by atoms with van der Waals surface area (Å²) < 4.78 is 17.2. The van der Waals surface area contributed by atoms with Crippen LogP contribution in [0.4, 0.5) is 5.69 Å². The van der Waals surface area contributed by atoms with Gasteiger partial charge >= 0.3 is 0 Å². The summed E-state index contributed by atoms with van der Waals surface area (Å²) in [6.45, 7) is 1.91. The molecular formula is C23H28N2O4. The van der Waals surface area contributed by atoms with Gasteiger partial charge in [0.25, 0.3) is 5.91 Å². The maximum atomic E-state index is 12.9. The van der Waals surface area contributed by atoms with Gasteiger partial charge in [0.05, 0.1) is 7.11 Å². The Morgan fingerprint density at radius 3 is 2.55 bits per heavy atom. The molecule has 1 saturated carbocycles. The molecule has 2 fully saturated rings. The van der Waals surface area contributed by atoms with E-state index in [1.165, 1.54) is 18.4 Å². The molecular weight excluding hydrogens is 368 g/mol. The Balaban J connectivity index is 1.41. The van der Waals surface area contributed by atoms with Crippen molar-refractivity contribution in [1.29, 1.82) is 0 Å². The van der Waals surface area contributed by atoms with Crippen molar-refractivity contribution in [2.75, 3.05) is 38.8 Å². The smallest absolute Gasteiger partial charge is 0.268 e. The molecule has 1 aliphatic carbocycles. The predicted octanol–water partition coefficient (Wildman–Crippen LogP) is 3.36. The van der Waals surface area contributed by atoms with Gasteiger partial charge in [-0.1, -0.05) is 12.1 Å². The summed E-state index contributed by atoms with van der Waals surface area (Å²) in [5, 5.41) is 3.04. The number of anilines is 1. The number of nitrogens with zero attached hydrogens (tertiary/aromatic N) is 1. The molecule has 0 aromatic heterocycles. The highest BCUT2D eigenvalue weighted by Gasteiger charge is 2.35. The number of carbonyl (C=O) groups is 1. The van der Waals surface area contributed by atoms with Gasteiger partial charge < -0.3 is 24.4 Å². The minimum atomic E-state index is -0.459. The molecule has 1 unspecified atom stereocenters. The second-order valence-corrected chi connectivity index (χ2v) is 7.52. The van der Waals surface area contributed by atoms with Crippen molar-refractivity contribution in [3.05, 3.63) is 48.0 Å². The molecule has 154 valence electrons. The Kier molecular flexibility index (Phi) is 5.90. The van der Waals surface area contributed by atoms with E-state index in [4.69, 9.17) is 14.2 Å². The van der Waals surface area contributed by atoms with Gasteiger partial charge in [-0.3, -0.25) is 4.79 Å². The van der Waals surface area contributed by atoms with E-state index in [2.05, 4.69) is 17.4 Å². The normalized spacial score (nSPS) is 18.8. The van der Waals surface area contributed by atoms with Gasteiger partial charge in [-0.2, -0.15) is 0 Å². The predicted molar refractivity (Wildman–Crippen MR) is 112 cm³/mol. The first-order chi connectivity index (χ1) is 14.2. The molecule has 1 saturated heterocycles. The number of carbonyl (C=O) groups excluding carboxylic acids is 1. The van der Waals surface area contributed by atoms with Gasteiger partial charge in [0.15, 0.2) is 17.6 Å². The van der Waals surface area contributed by atoms with Crippen LogP contribution in [0.1, 0.15) is 30.7 Å². The fourth-order valence-corrected chi connectivity index (χ4v) is 3.63. The Hall–Kier alpha value is -2.73. The fourth-order valence-electron chi connectivity index (χ4n) is 3.63. The van der Waals surface area contributed by atoms with E-state index in [-0.39, 0.29) is 5.91 Å². The van der Waals surface area contributed by atoms with Crippen molar-refractivity contribution in [3.63, 3.8) is 0 Å². The summed E-state index contributed by atoms with van der Waals surface area (Å²) in [4.78, 5) is 14.7. The average molecular weight is 396 g/mol. The van der Waals surface area contributed by atoms with Crippen molar-refractivity contribution in [1.82, 2.24) is 5.32 Å². The largest absolute Gasteiger partial charge is 0.493 e. The number of nitrogens with one attached hydrogen (secondary N) is 1. The van der Waals surface area contributed by atoms with Gasteiger partial charge in [0, 0.05) is 31.3 Å². The first-order valence-corrected chi connectivity index (χ1v) is 10.2. The average Bonchev–Trinajstić information content (AvgIpc) is 3.54. The summed E-state index contributed by atoms with van der Waals surface area (Å²) in [5.74, 6) is 2.73. The lowest BCUT2D eigenvalue weighted by molar-refractivity contribution is -0.122. The van der Waals surface area contributed by atoms with Crippen LogP contribution in [0, 0.1) is 0 Å². The number of hydrogen-bond donors (Lipinski definition) is 1. The zero-order valence-electron chi connectivity index (χ0n) is 17.0. The molecule has 2 aromatic rings. The third-order valence-electron chi connectivity index (χ3n) is 5.43. The van der Waals surface area contributed by atoms with Crippen LogP contribution in [0.5, 0.6) is 17.2 Å². The molecule has 1 heterocycles. The number of ether oxygens (including phenoxy) is 3. The van der Waals surface area contributed by atoms with Crippen molar-refractivity contribution >= 4 is 11.6 Å². The van der Waals surface area contributed by atoms with Gasteiger partial charge in [0.2, 0.25) is 0 Å². The van der Waals surface area contributed by atoms with Gasteiger partial charge in [-0.05, 0) is 55.6 Å². The molecule has 0 radical (unpaired) electrons. The molecule has 0 bridgehead atoms. The zero-order valence-corrected chi connectivity index (χ0v) is 17.0. The molecule has 6 nitrogen and oxygen atoms in total. The van der Waals surface area contributed by atoms with Gasteiger partial charge in [0.1, 0.15) is 12.4 Å². The van der Waals surface area contributed by atoms with Crippen LogP contribution in [-0.2, 0) is 4.79 Å². The number of amides is 1. The Bertz CT molecular complexity index is 848. The van der Waals surface area contributed by atoms with E-state index in [1.807, 2.05) is 37.4 Å². The molecule has 6 heteroatoms. The topological polar surface area (TPSA) is 60.0 Å². The summed E-state index contributed by atoms with van der Waals surface area (Å²) in [6.07, 6.45) is 2.75. The summed E-state index contributed by atoms with van der Waals surface area (Å²) in [6, 6.07) is 13.8.